The van der Waals surface area contributed by atoms with Gasteiger partial charge < -0.3 is 0 Å². The quantitative estimate of drug-likeness (QED) is 0.0878. The zero-order valence-electron chi connectivity index (χ0n) is 13.6. The molecule has 0 radical (unpaired) electrons. The first kappa shape index (κ1) is 45.4. The number of halogens is 6. The summed E-state index contributed by atoms with van der Waals surface area (Å²) in [6, 6.07) is 0. The molecule has 11 N–H and O–H groups in total. The highest BCUT2D eigenvalue weighted by Gasteiger charge is 2.18. The minimum atomic E-state index is -5.14. The lowest BCUT2D eigenvalue weighted by atomic mass is 13.4. The topological polar surface area (TPSA) is 364 Å². The van der Waals surface area contributed by atoms with Crippen LogP contribution in [0.1, 0.15) is 0 Å². The van der Waals surface area contributed by atoms with Crippen LogP contribution in [0.2, 0.25) is 0 Å². The van der Waals surface area contributed by atoms with Gasteiger partial charge in [0.1, 0.15) is 0 Å². The van der Waals surface area contributed by atoms with E-state index in [4.69, 9.17) is 81.6 Å². The molecule has 0 fully saturated rings. The Labute approximate surface area is 169 Å². The Bertz CT molecular complexity index is 585. The van der Waals surface area contributed by atoms with E-state index in [2.05, 4.69) is 4.62 Å². The summed E-state index contributed by atoms with van der Waals surface area (Å²) in [5, 5.41) is 1.37. The maximum atomic E-state index is 11.0. The Morgan fingerprint density at radius 3 is 0.531 bits per heavy atom. The fourth-order valence-corrected chi connectivity index (χ4v) is 0.123. The molecule has 0 saturated carbocycles. The molecule has 0 aromatic heterocycles. The van der Waals surface area contributed by atoms with Crippen LogP contribution in [0.5, 0.6) is 0 Å². The third kappa shape index (κ3) is 1630. The van der Waals surface area contributed by atoms with Crippen LogP contribution in [-0.4, -0.2) is 53.8 Å². The lowest BCUT2D eigenvalue weighted by Crippen LogP contribution is -1.68. The molecule has 0 rings (SSSR count). The molecule has 0 aliphatic heterocycles. The van der Waals surface area contributed by atoms with E-state index in [0.717, 1.165) is 0 Å². The third-order valence-electron chi connectivity index (χ3n) is 0.134. The van der Waals surface area contributed by atoms with Crippen LogP contribution in [0.4, 0.5) is 25.2 Å². The van der Waals surface area contributed by atoms with Crippen molar-refractivity contribution in [3.8, 4) is 0 Å². The van der Waals surface area contributed by atoms with Crippen molar-refractivity contribution in [1.29, 1.82) is 0 Å². The second-order valence-electron chi connectivity index (χ2n) is 2.97. The zero-order chi connectivity index (χ0) is 28.4. The summed E-state index contributed by atoms with van der Waals surface area (Å²) in [4.78, 5) is 85.8. The summed E-state index contributed by atoms with van der Waals surface area (Å²) in [5.41, 5.74) is 0. The van der Waals surface area contributed by atoms with Gasteiger partial charge in [-0.05, 0) is 0 Å². The lowest BCUT2D eigenvalue weighted by molar-refractivity contribution is 0.233. The first-order chi connectivity index (χ1) is 13.1. The summed E-state index contributed by atoms with van der Waals surface area (Å²) >= 11 is 0. The molecule has 0 aliphatic carbocycles. The number of rotatable bonds is 2. The fraction of sp³-hybridized carbons (Fsp3) is 0. The molecule has 202 valence electrons. The van der Waals surface area contributed by atoms with Crippen molar-refractivity contribution in [3.05, 3.63) is 4.91 Å². The van der Waals surface area contributed by atoms with Gasteiger partial charge in [0.2, 0.25) is 0 Å². The maximum absolute atomic E-state index is 11.0. The smallest absolute Gasteiger partial charge is 0.299 e. The summed E-state index contributed by atoms with van der Waals surface area (Å²) in [6.07, 6.45) is 0. The Morgan fingerprint density at radius 2 is 0.531 bits per heavy atom. The molecule has 1 atom stereocenters. The highest BCUT2D eigenvalue weighted by atomic mass is 31.2. The van der Waals surface area contributed by atoms with E-state index in [1.54, 1.807) is 0 Å². The summed E-state index contributed by atoms with van der Waals surface area (Å²) < 4.78 is 118. The minimum Gasteiger partial charge on any atom is -0.299 e. The van der Waals surface area contributed by atoms with Crippen molar-refractivity contribution in [2.75, 3.05) is 0 Å². The van der Waals surface area contributed by atoms with Crippen molar-refractivity contribution in [2.24, 2.45) is 5.34 Å². The maximum Gasteiger partial charge on any atom is 0.590 e. The van der Waals surface area contributed by atoms with Crippen molar-refractivity contribution in [3.63, 3.8) is 0 Å². The van der Waals surface area contributed by atoms with E-state index in [1.807, 2.05) is 0 Å². The zero-order valence-corrected chi connectivity index (χ0v) is 19.0. The largest absolute Gasteiger partial charge is 0.590 e. The summed E-state index contributed by atoms with van der Waals surface area (Å²) in [7, 11) is -30.8. The van der Waals surface area contributed by atoms with Crippen LogP contribution >= 0.6 is 47.4 Å². The highest BCUT2D eigenvalue weighted by molar-refractivity contribution is 7.47. The summed E-state index contributed by atoms with van der Waals surface area (Å²) in [6.45, 7) is 0. The van der Waals surface area contributed by atoms with Gasteiger partial charge >= 0.3 is 47.4 Å². The predicted molar refractivity (Wildman–Crippen MR) is 83.6 cm³/mol. The van der Waals surface area contributed by atoms with Crippen molar-refractivity contribution >= 4 is 47.4 Å². The van der Waals surface area contributed by atoms with Gasteiger partial charge in [0, 0.05) is 0 Å². The Morgan fingerprint density at radius 1 is 0.438 bits per heavy atom. The van der Waals surface area contributed by atoms with Gasteiger partial charge in [-0.25, -0.2) is 27.4 Å². The molecule has 32 heavy (non-hydrogen) atoms. The van der Waals surface area contributed by atoms with Crippen LogP contribution in [0.3, 0.4) is 0 Å². The molecule has 20 nitrogen and oxygen atoms in total. The molecule has 0 spiro atoms. The van der Waals surface area contributed by atoms with Crippen LogP contribution in [0, 0.1) is 4.91 Å². The van der Waals surface area contributed by atoms with Gasteiger partial charge in [0.25, 0.3) is 0 Å². The third-order valence-corrected chi connectivity index (χ3v) is 0.402. The summed E-state index contributed by atoms with van der Waals surface area (Å²) in [5.74, 6) is 0. The molecule has 0 amide bonds. The Kier molecular flexibility index (Phi) is 27.3. The van der Waals surface area contributed by atoms with Crippen LogP contribution in [0.15, 0.2) is 5.34 Å². The minimum absolute atomic E-state index is 1.37. The van der Waals surface area contributed by atoms with Crippen LogP contribution in [-0.2, 0) is 32.0 Å². The fourth-order valence-electron chi connectivity index (χ4n) is 0.0411. The average molecular weight is 629 g/mol. The van der Waals surface area contributed by atoms with Gasteiger partial charge in [-0.2, -0.15) is 0 Å². The van der Waals surface area contributed by atoms with E-state index in [-0.39, 0.29) is 0 Å². The molecule has 0 saturated heterocycles. The molecule has 0 bridgehead atoms. The van der Waals surface area contributed by atoms with Crippen LogP contribution in [0.25, 0.3) is 0 Å². The Hall–Kier alpha value is -0.0800. The molecule has 0 aromatic rings. The first-order valence-electron chi connectivity index (χ1n) is 4.86. The molecule has 32 heteroatoms. The van der Waals surface area contributed by atoms with Gasteiger partial charge in [-0.1, -0.05) is 0 Å². The van der Waals surface area contributed by atoms with Gasteiger partial charge in [-0.15, -0.1) is 30.1 Å². The predicted octanol–water partition coefficient (Wildman–Crippen LogP) is 0.997. The first-order valence-corrected chi connectivity index (χ1v) is 13.8. The second-order valence-corrected chi connectivity index (χ2v) is 8.77. The number of nitrogens with zero attached hydrogens (tertiary/aromatic N) is 1. The number of hydrogen-bond acceptors (Lipinski definition) is 9. The van der Waals surface area contributed by atoms with E-state index in [9.17, 15) is 29.7 Å². The van der Waals surface area contributed by atoms with Crippen molar-refractivity contribution in [1.82, 2.24) is 0 Å². The molecular weight excluding hydrogens is 618 g/mol. The molecule has 0 aromatic carbocycles. The molecular formula is H11F6NO19P6. The van der Waals surface area contributed by atoms with E-state index in [0.29, 0.717) is 0 Å². The van der Waals surface area contributed by atoms with Crippen molar-refractivity contribution in [2.45, 2.75) is 0 Å². The van der Waals surface area contributed by atoms with E-state index >= 15 is 0 Å². The number of hydrogen-bond donors (Lipinski definition) is 11. The molecule has 0 heterocycles. The molecule has 0 aliphatic rings. The van der Waals surface area contributed by atoms with Gasteiger partial charge in [0.05, 0.1) is 0 Å². The second kappa shape index (κ2) is 19.2. The standard InChI is InChI=1S/FHNO4P.5FH2O3P/c1-7(4,5)6-2-3;5*1-5(2,3)4/h(H,4,5);5*(H2,2,3,4). The average Bonchev–Trinajstić information content (AvgIpc) is 2.12. The van der Waals surface area contributed by atoms with E-state index in [1.165, 1.54) is 5.34 Å². The normalized spacial score (nSPS) is 13.0. The van der Waals surface area contributed by atoms with Crippen LogP contribution < -0.4 is 0 Å². The van der Waals surface area contributed by atoms with Crippen molar-refractivity contribution < 1.29 is 111 Å². The SMILES string of the molecule is O=NOP(=O)(O)F.O=P(O)(O)F.O=P(O)(O)F.O=P(O)(O)F.O=P(O)(O)F.O=P(O)(O)F. The monoisotopic (exact) mass is 629 g/mol. The highest BCUT2D eigenvalue weighted by Crippen LogP contribution is 2.43. The van der Waals surface area contributed by atoms with Gasteiger partial charge in [-0.3, -0.25) is 58.5 Å². The Balaban J connectivity index is -0.0000000637. The van der Waals surface area contributed by atoms with E-state index < -0.39 is 47.4 Å². The lowest BCUT2D eigenvalue weighted by Gasteiger charge is -1.87. The van der Waals surface area contributed by atoms with Gasteiger partial charge in [0.15, 0.2) is 5.34 Å². The molecule has 1 unspecified atom stereocenters.